The minimum atomic E-state index is -0.183. The molecule has 2 aromatic rings. The maximum Gasteiger partial charge on any atom is 0.123 e. The first-order valence-electron chi connectivity index (χ1n) is 9.13. The molecule has 3 unspecified atom stereocenters. The van der Waals surface area contributed by atoms with E-state index in [4.69, 9.17) is 0 Å². The Morgan fingerprint density at radius 2 is 1.88 bits per heavy atom. The van der Waals surface area contributed by atoms with Gasteiger partial charge in [-0.3, -0.25) is 5.43 Å². The van der Waals surface area contributed by atoms with Crippen molar-refractivity contribution in [3.8, 4) is 0 Å². The molecule has 3 nitrogen and oxygen atoms in total. The number of benzene rings is 2. The molecule has 1 heterocycles. The van der Waals surface area contributed by atoms with Crippen molar-refractivity contribution in [3.63, 3.8) is 0 Å². The van der Waals surface area contributed by atoms with Crippen LogP contribution in [0.15, 0.2) is 42.5 Å². The van der Waals surface area contributed by atoms with Crippen molar-refractivity contribution in [1.29, 1.82) is 0 Å². The number of aryl methyl sites for hydroxylation is 2. The van der Waals surface area contributed by atoms with Crippen LogP contribution in [-0.4, -0.2) is 13.1 Å². The third-order valence-corrected chi connectivity index (χ3v) is 5.29. The fourth-order valence-electron chi connectivity index (χ4n) is 3.53. The molecule has 1 fully saturated rings. The Bertz CT molecular complexity index is 699. The fourth-order valence-corrected chi connectivity index (χ4v) is 3.53. The minimum absolute atomic E-state index is 0.183. The molecule has 1 aliphatic heterocycles. The number of halogens is 1. The standard InChI is InChI=1S/C21H28FN3/c1-4-20(16-7-9-19(22)10-8-16)23-12-18-13-24-25-21(18)17-6-5-14(2)15(3)11-17/h5-11,18,20-21,23-25H,4,12-13H2,1-3H3. The Morgan fingerprint density at radius 1 is 1.12 bits per heavy atom. The summed E-state index contributed by atoms with van der Waals surface area (Å²) in [6.45, 7) is 8.31. The summed E-state index contributed by atoms with van der Waals surface area (Å²) >= 11 is 0. The monoisotopic (exact) mass is 341 g/mol. The largest absolute Gasteiger partial charge is 0.310 e. The lowest BCUT2D eigenvalue weighted by molar-refractivity contribution is 0.404. The first-order chi connectivity index (χ1) is 12.1. The summed E-state index contributed by atoms with van der Waals surface area (Å²) in [5, 5.41) is 3.67. The average Bonchev–Trinajstić information content (AvgIpc) is 3.08. The van der Waals surface area contributed by atoms with E-state index in [0.29, 0.717) is 12.0 Å². The van der Waals surface area contributed by atoms with E-state index in [9.17, 15) is 4.39 Å². The van der Waals surface area contributed by atoms with Gasteiger partial charge in [0.05, 0.1) is 6.04 Å². The molecule has 2 aromatic carbocycles. The zero-order chi connectivity index (χ0) is 17.8. The Hall–Kier alpha value is -1.75. The van der Waals surface area contributed by atoms with Crippen molar-refractivity contribution in [3.05, 3.63) is 70.5 Å². The number of hydrazine groups is 1. The molecule has 0 saturated carbocycles. The number of rotatable bonds is 6. The van der Waals surface area contributed by atoms with Crippen molar-refractivity contribution in [1.82, 2.24) is 16.2 Å². The van der Waals surface area contributed by atoms with E-state index in [1.54, 1.807) is 0 Å². The van der Waals surface area contributed by atoms with Gasteiger partial charge in [0.15, 0.2) is 0 Å². The van der Waals surface area contributed by atoms with Gasteiger partial charge in [-0.25, -0.2) is 9.82 Å². The number of hydrogen-bond donors (Lipinski definition) is 3. The molecule has 0 spiro atoms. The van der Waals surface area contributed by atoms with Crippen molar-refractivity contribution in [2.45, 2.75) is 39.3 Å². The van der Waals surface area contributed by atoms with Gasteiger partial charge < -0.3 is 5.32 Å². The molecular formula is C21H28FN3. The molecule has 3 atom stereocenters. The van der Waals surface area contributed by atoms with Crippen molar-refractivity contribution in [2.24, 2.45) is 5.92 Å². The highest BCUT2D eigenvalue weighted by Gasteiger charge is 2.28. The third-order valence-electron chi connectivity index (χ3n) is 5.29. The molecule has 1 aliphatic rings. The molecule has 0 aromatic heterocycles. The van der Waals surface area contributed by atoms with Crippen molar-refractivity contribution >= 4 is 0 Å². The number of nitrogens with one attached hydrogen (secondary N) is 3. The quantitative estimate of drug-likeness (QED) is 0.745. The van der Waals surface area contributed by atoms with E-state index in [1.807, 2.05) is 12.1 Å². The van der Waals surface area contributed by atoms with E-state index in [1.165, 1.54) is 28.8 Å². The van der Waals surface area contributed by atoms with Crippen LogP contribution in [0.5, 0.6) is 0 Å². The molecule has 3 rings (SSSR count). The Morgan fingerprint density at radius 3 is 2.56 bits per heavy atom. The van der Waals surface area contributed by atoms with Crippen LogP contribution >= 0.6 is 0 Å². The molecule has 3 N–H and O–H groups in total. The summed E-state index contributed by atoms with van der Waals surface area (Å²) in [6.07, 6.45) is 0.980. The average molecular weight is 341 g/mol. The zero-order valence-electron chi connectivity index (χ0n) is 15.3. The van der Waals surface area contributed by atoms with Crippen LogP contribution in [0.3, 0.4) is 0 Å². The van der Waals surface area contributed by atoms with Crippen molar-refractivity contribution in [2.75, 3.05) is 13.1 Å². The summed E-state index contributed by atoms with van der Waals surface area (Å²) in [5.41, 5.74) is 11.9. The Labute approximate surface area is 150 Å². The molecule has 0 radical (unpaired) electrons. The van der Waals surface area contributed by atoms with E-state index >= 15 is 0 Å². The van der Waals surface area contributed by atoms with Gasteiger partial charge in [-0.1, -0.05) is 37.3 Å². The summed E-state index contributed by atoms with van der Waals surface area (Å²) in [7, 11) is 0. The molecule has 0 aliphatic carbocycles. The van der Waals surface area contributed by atoms with Crippen LogP contribution in [0.4, 0.5) is 4.39 Å². The second-order valence-electron chi connectivity index (χ2n) is 7.03. The maximum absolute atomic E-state index is 13.1. The second-order valence-corrected chi connectivity index (χ2v) is 7.03. The highest BCUT2D eigenvalue weighted by atomic mass is 19.1. The highest BCUT2D eigenvalue weighted by molar-refractivity contribution is 5.32. The highest BCUT2D eigenvalue weighted by Crippen LogP contribution is 2.27. The van der Waals surface area contributed by atoms with E-state index in [0.717, 1.165) is 25.1 Å². The maximum atomic E-state index is 13.1. The smallest absolute Gasteiger partial charge is 0.123 e. The van der Waals surface area contributed by atoms with Crippen molar-refractivity contribution < 1.29 is 4.39 Å². The van der Waals surface area contributed by atoms with Gasteiger partial charge in [-0.2, -0.15) is 0 Å². The summed E-state index contributed by atoms with van der Waals surface area (Å²) < 4.78 is 13.1. The number of hydrogen-bond acceptors (Lipinski definition) is 3. The van der Waals surface area contributed by atoms with Gasteiger partial charge >= 0.3 is 0 Å². The summed E-state index contributed by atoms with van der Waals surface area (Å²) in [5.74, 6) is 0.286. The normalized spacial score (nSPS) is 21.4. The van der Waals surface area contributed by atoms with Crippen LogP contribution < -0.4 is 16.2 Å². The van der Waals surface area contributed by atoms with E-state index < -0.39 is 0 Å². The minimum Gasteiger partial charge on any atom is -0.310 e. The summed E-state index contributed by atoms with van der Waals surface area (Å²) in [6, 6.07) is 14.1. The molecule has 25 heavy (non-hydrogen) atoms. The van der Waals surface area contributed by atoms with Crippen LogP contribution in [0.25, 0.3) is 0 Å². The molecular weight excluding hydrogens is 313 g/mol. The lowest BCUT2D eigenvalue weighted by Crippen LogP contribution is -2.31. The van der Waals surface area contributed by atoms with Gasteiger partial charge in [-0.05, 0) is 54.7 Å². The predicted octanol–water partition coefficient (Wildman–Crippen LogP) is 3.95. The molecule has 0 amide bonds. The Balaban J connectivity index is 1.66. The first kappa shape index (κ1) is 18.1. The lowest BCUT2D eigenvalue weighted by Gasteiger charge is -2.24. The van der Waals surface area contributed by atoms with E-state index in [-0.39, 0.29) is 11.9 Å². The van der Waals surface area contributed by atoms with Crippen LogP contribution in [0.2, 0.25) is 0 Å². The van der Waals surface area contributed by atoms with Gasteiger partial charge in [-0.15, -0.1) is 0 Å². The van der Waals surface area contributed by atoms with Gasteiger partial charge in [0.2, 0.25) is 0 Å². The van der Waals surface area contributed by atoms with Crippen LogP contribution in [-0.2, 0) is 0 Å². The zero-order valence-corrected chi connectivity index (χ0v) is 15.3. The van der Waals surface area contributed by atoms with E-state index in [2.05, 4.69) is 55.1 Å². The van der Waals surface area contributed by atoms with Gasteiger partial charge in [0.25, 0.3) is 0 Å². The van der Waals surface area contributed by atoms with Crippen LogP contribution in [0.1, 0.15) is 47.7 Å². The Kier molecular flexibility index (Phi) is 5.84. The fraction of sp³-hybridized carbons (Fsp3) is 0.429. The SMILES string of the molecule is CCC(NCC1CNNC1c1ccc(C)c(C)c1)c1ccc(F)cc1. The predicted molar refractivity (Wildman–Crippen MR) is 101 cm³/mol. The van der Waals surface area contributed by atoms with Crippen LogP contribution in [0, 0.1) is 25.6 Å². The molecule has 134 valence electrons. The molecule has 1 saturated heterocycles. The lowest BCUT2D eigenvalue weighted by atomic mass is 9.92. The second kappa shape index (κ2) is 8.09. The topological polar surface area (TPSA) is 36.1 Å². The molecule has 0 bridgehead atoms. The first-order valence-corrected chi connectivity index (χ1v) is 9.13. The molecule has 4 heteroatoms. The summed E-state index contributed by atoms with van der Waals surface area (Å²) in [4.78, 5) is 0. The van der Waals surface area contributed by atoms with Gasteiger partial charge in [0.1, 0.15) is 5.82 Å². The third kappa shape index (κ3) is 4.27. The van der Waals surface area contributed by atoms with Gasteiger partial charge in [0, 0.05) is 25.0 Å².